The van der Waals surface area contributed by atoms with E-state index in [0.717, 1.165) is 53.8 Å². The predicted molar refractivity (Wildman–Crippen MR) is 318 cm³/mol. The topological polar surface area (TPSA) is 162 Å². The van der Waals surface area contributed by atoms with Crippen molar-refractivity contribution in [3.05, 3.63) is 178 Å². The maximum absolute atomic E-state index is 10.8. The van der Waals surface area contributed by atoms with E-state index in [1.807, 2.05) is 24.3 Å². The van der Waals surface area contributed by atoms with Crippen LogP contribution in [0.4, 0.5) is 11.4 Å². The van der Waals surface area contributed by atoms with Crippen LogP contribution >= 0.6 is 0 Å². The van der Waals surface area contributed by atoms with Gasteiger partial charge in [-0.2, -0.15) is 9.69 Å². The molecule has 0 aliphatic carbocycles. The smallest absolute Gasteiger partial charge is 0.507 e. The fourth-order valence-electron chi connectivity index (χ4n) is 9.41. The van der Waals surface area contributed by atoms with E-state index in [2.05, 4.69) is 111 Å². The number of rotatable bonds is 20. The molecule has 14 heteroatoms. The van der Waals surface area contributed by atoms with E-state index >= 15 is 0 Å². The Balaban J connectivity index is 0.000000194. The summed E-state index contributed by atoms with van der Waals surface area (Å²) >= 11 is 0. The van der Waals surface area contributed by atoms with Crippen LogP contribution in [0.3, 0.4) is 0 Å². The normalized spacial score (nSPS) is 11.2. The number of benzene rings is 6. The van der Waals surface area contributed by atoms with Crippen molar-refractivity contribution in [1.29, 1.82) is 5.26 Å². The van der Waals surface area contributed by atoms with Crippen LogP contribution in [-0.4, -0.2) is 46.4 Å². The maximum Gasteiger partial charge on any atom is 0.519 e. The van der Waals surface area contributed by atoms with Gasteiger partial charge in [0.15, 0.2) is 11.2 Å². The molecule has 6 aromatic carbocycles. The van der Waals surface area contributed by atoms with E-state index in [1.54, 1.807) is 54.6 Å². The second kappa shape index (κ2) is 25.4. The van der Waals surface area contributed by atoms with Gasteiger partial charge < -0.3 is 37.7 Å². The van der Waals surface area contributed by atoms with E-state index in [9.17, 15) is 10.2 Å². The number of fused-ring (bicyclic) bond motifs is 4. The predicted octanol–water partition coefficient (Wildman–Crippen LogP) is 18.0. The number of phenols is 2. The van der Waals surface area contributed by atoms with E-state index in [1.165, 1.54) is 74.9 Å². The van der Waals surface area contributed by atoms with Crippen molar-refractivity contribution in [2.24, 2.45) is 0 Å². The summed E-state index contributed by atoms with van der Waals surface area (Å²) in [4.78, 5) is 23.7. The molecule has 0 aliphatic rings. The Morgan fingerprint density at radius 1 is 0.550 bits per heavy atom. The number of aromatic nitrogens is 2. The van der Waals surface area contributed by atoms with E-state index in [4.69, 9.17) is 42.6 Å². The molecule has 0 amide bonds. The van der Waals surface area contributed by atoms with Crippen LogP contribution in [0.1, 0.15) is 90.2 Å². The lowest BCUT2D eigenvalue weighted by atomic mass is 10.1. The van der Waals surface area contributed by atoms with Crippen molar-refractivity contribution in [2.45, 2.75) is 79.1 Å². The van der Waals surface area contributed by atoms with Crippen molar-refractivity contribution in [3.63, 3.8) is 0 Å². The summed E-state index contributed by atoms with van der Waals surface area (Å²) in [5.41, 5.74) is 9.70. The third-order valence-corrected chi connectivity index (χ3v) is 13.8. The number of anilines is 2. The summed E-state index contributed by atoms with van der Waals surface area (Å²) in [5.74, 6) is 1.90. The number of nitriles is 1. The van der Waals surface area contributed by atoms with Crippen LogP contribution in [0.2, 0.25) is 0 Å². The number of aromatic hydroxyl groups is 2. The Kier molecular flexibility index (Phi) is 17.4. The van der Waals surface area contributed by atoms with Crippen LogP contribution in [0.5, 0.6) is 11.5 Å². The molecular weight excluding hydrogens is 1000 g/mol. The van der Waals surface area contributed by atoms with Gasteiger partial charge in [-0.3, -0.25) is 0 Å². The average molecular weight is 1060 g/mol. The molecule has 400 valence electrons. The SMILES string of the molecule is [C-]#[N+]/C(C#N)=C\c1cccc2oc(-c3cc4cc(-c5ccc(N(CCCC)CCCC)cc5)oc4cc3O)nc12.[C-]#[N+]C(=Cc1ccc2oc(-c3cc4cc(-c5ccc(N(CCCC)CCCC)cc5)oc4cc3O)nc2c1)[N+]#[C-]. The first-order valence-corrected chi connectivity index (χ1v) is 27.1. The Morgan fingerprint density at radius 2 is 1.05 bits per heavy atom. The molecule has 4 heterocycles. The molecular formula is C66H60N8O6. The Hall–Kier alpha value is -10.0. The summed E-state index contributed by atoms with van der Waals surface area (Å²) in [6.07, 6.45) is 12.3. The first-order chi connectivity index (χ1) is 39.1. The maximum atomic E-state index is 10.8. The molecule has 10 aromatic rings. The molecule has 0 saturated carbocycles. The van der Waals surface area contributed by atoms with Gasteiger partial charge in [-0.1, -0.05) is 71.6 Å². The fraction of sp³-hybridized carbons (Fsp3) is 0.242. The van der Waals surface area contributed by atoms with Gasteiger partial charge >= 0.3 is 5.82 Å². The van der Waals surface area contributed by atoms with Crippen molar-refractivity contribution >= 4 is 67.7 Å². The van der Waals surface area contributed by atoms with Crippen molar-refractivity contribution < 1.29 is 27.9 Å². The van der Waals surface area contributed by atoms with Crippen LogP contribution in [0.25, 0.3) is 116 Å². The summed E-state index contributed by atoms with van der Waals surface area (Å²) in [6, 6.07) is 40.0. The number of phenolic OH excluding ortho intramolecular Hbond substituents is 2. The number of unbranched alkanes of at least 4 members (excludes halogenated alkanes) is 4. The van der Waals surface area contributed by atoms with Gasteiger partial charge in [-0.25, -0.2) is 20.1 Å². The standard InChI is InChI=1S/2C33H30N4O3/c1-5-7-15-37(16-8-6-2)25-12-10-23(11-13-25)30-20-24-19-26(28(38)21-31(24)39-30)33-36-27-17-22(9-14-29(27)40-33)18-32(34-3)35-4;1-4-6-15-37(16-7-5-2)26-13-11-22(12-14-26)30-19-24-18-27(28(38)20-31(24)39-30)33-36-32-23(17-25(21-34)35-3)9-8-10-29(32)40-33/h9-14,17-21,38H,5-8,15-16H2,1-2H3;8-14,17-20,38H,4-7,15-16H2,1-2H3/b;25-17-. The van der Waals surface area contributed by atoms with Crippen LogP contribution in [-0.2, 0) is 0 Å². The summed E-state index contributed by atoms with van der Waals surface area (Å²) in [5, 5.41) is 32.4. The minimum absolute atomic E-state index is 0.00112. The number of allylic oxidation sites excluding steroid dienone is 1. The molecule has 0 aliphatic heterocycles. The number of hydrogen-bond donors (Lipinski definition) is 2. The van der Waals surface area contributed by atoms with Gasteiger partial charge in [0.2, 0.25) is 11.8 Å². The molecule has 2 N–H and O–H groups in total. The quantitative estimate of drug-likeness (QED) is 0.0552. The minimum Gasteiger partial charge on any atom is -0.507 e. The van der Waals surface area contributed by atoms with E-state index in [0.29, 0.717) is 61.4 Å². The second-order valence-corrected chi connectivity index (χ2v) is 19.5. The lowest BCUT2D eigenvalue weighted by molar-refractivity contribution is 0.472. The lowest BCUT2D eigenvalue weighted by Crippen LogP contribution is -2.25. The van der Waals surface area contributed by atoms with Crippen molar-refractivity contribution in [2.75, 3.05) is 36.0 Å². The summed E-state index contributed by atoms with van der Waals surface area (Å²) < 4.78 is 24.1. The molecule has 0 saturated heterocycles. The van der Waals surface area contributed by atoms with Crippen LogP contribution in [0, 0.1) is 31.0 Å². The van der Waals surface area contributed by atoms with Gasteiger partial charge in [-0.05, 0) is 134 Å². The molecule has 0 unspecified atom stereocenters. The fourth-order valence-corrected chi connectivity index (χ4v) is 9.41. The molecule has 0 fully saturated rings. The third-order valence-electron chi connectivity index (χ3n) is 13.8. The lowest BCUT2D eigenvalue weighted by Gasteiger charge is -2.24. The van der Waals surface area contributed by atoms with Gasteiger partial charge in [0.05, 0.1) is 23.8 Å². The Morgan fingerprint density at radius 3 is 1.52 bits per heavy atom. The van der Waals surface area contributed by atoms with Crippen molar-refractivity contribution in [1.82, 2.24) is 9.97 Å². The van der Waals surface area contributed by atoms with Gasteiger partial charge in [-0.15, -0.1) is 0 Å². The minimum atomic E-state index is -0.0464. The molecule has 10 rings (SSSR count). The number of furan rings is 2. The monoisotopic (exact) mass is 1060 g/mol. The first kappa shape index (κ1) is 54.8. The molecule has 0 bridgehead atoms. The van der Waals surface area contributed by atoms with Gasteiger partial charge in [0.1, 0.15) is 58.4 Å². The molecule has 14 nitrogen and oxygen atoms in total. The van der Waals surface area contributed by atoms with E-state index in [-0.39, 0.29) is 34.8 Å². The zero-order valence-corrected chi connectivity index (χ0v) is 45.3. The molecule has 0 radical (unpaired) electrons. The highest BCUT2D eigenvalue weighted by Crippen LogP contribution is 2.40. The molecule has 4 aromatic heterocycles. The molecule has 0 spiro atoms. The Labute approximate surface area is 465 Å². The van der Waals surface area contributed by atoms with E-state index < -0.39 is 0 Å². The summed E-state index contributed by atoms with van der Waals surface area (Å²) in [6.45, 7) is 34.4. The summed E-state index contributed by atoms with van der Waals surface area (Å²) in [7, 11) is 0. The van der Waals surface area contributed by atoms with Crippen LogP contribution < -0.4 is 9.80 Å². The van der Waals surface area contributed by atoms with Crippen LogP contribution in [0.15, 0.2) is 151 Å². The largest absolute Gasteiger partial charge is 0.519 e. The third kappa shape index (κ3) is 12.4. The molecule has 0 atom stereocenters. The molecule has 80 heavy (non-hydrogen) atoms. The zero-order valence-electron chi connectivity index (χ0n) is 45.3. The number of para-hydroxylation sites is 1. The number of hydrogen-bond acceptors (Lipinski definition) is 11. The highest BCUT2D eigenvalue weighted by molar-refractivity contribution is 5.93. The number of oxazole rings is 2. The van der Waals surface area contributed by atoms with Crippen molar-refractivity contribution in [3.8, 4) is 63.1 Å². The zero-order chi connectivity index (χ0) is 56.1. The average Bonchev–Trinajstić information content (AvgIpc) is 4.52. The highest BCUT2D eigenvalue weighted by Gasteiger charge is 2.20. The Bertz CT molecular complexity index is 4010. The van der Waals surface area contributed by atoms with Gasteiger partial charge in [0.25, 0.3) is 5.70 Å². The van der Waals surface area contributed by atoms with Gasteiger partial charge in [0, 0.05) is 77.7 Å². The number of nitrogens with zero attached hydrogens (tertiary/aromatic N) is 8. The highest BCUT2D eigenvalue weighted by atomic mass is 16.4. The second-order valence-electron chi connectivity index (χ2n) is 19.5. The first-order valence-electron chi connectivity index (χ1n) is 27.1.